The molecule has 0 aliphatic carbocycles. The number of anilines is 2. The van der Waals surface area contributed by atoms with Crippen molar-refractivity contribution < 1.29 is 44.0 Å². The maximum atomic E-state index is 12.1. The van der Waals surface area contributed by atoms with Gasteiger partial charge in [-0.1, -0.05) is 0 Å². The van der Waals surface area contributed by atoms with Crippen LogP contribution in [0, 0.1) is 0 Å². The van der Waals surface area contributed by atoms with Gasteiger partial charge in [0, 0.05) is 16.8 Å². The molecule has 0 spiro atoms. The van der Waals surface area contributed by atoms with E-state index in [4.69, 9.17) is 11.5 Å². The van der Waals surface area contributed by atoms with Crippen LogP contribution in [0.3, 0.4) is 0 Å². The van der Waals surface area contributed by atoms with E-state index >= 15 is 0 Å². The number of rotatable bonds is 5. The average molecular weight is 543 g/mol. The van der Waals surface area contributed by atoms with Gasteiger partial charge in [0.2, 0.25) is 0 Å². The van der Waals surface area contributed by atoms with Crippen LogP contribution in [-0.2, 0) is 30.4 Å². The zero-order valence-electron chi connectivity index (χ0n) is 16.0. The third-order valence-corrected chi connectivity index (χ3v) is 7.06. The molecule has 3 rings (SSSR count). The molecule has 0 aliphatic rings. The van der Waals surface area contributed by atoms with E-state index in [0.717, 1.165) is 0 Å². The van der Waals surface area contributed by atoms with E-state index in [1.165, 1.54) is 24.3 Å². The Bertz CT molecular complexity index is 1650. The van der Waals surface area contributed by atoms with Crippen molar-refractivity contribution in [1.82, 2.24) is 0 Å². The average Bonchev–Trinajstić information content (AvgIpc) is 2.65. The Labute approximate surface area is 214 Å². The predicted octanol–water partition coefficient (Wildman–Crippen LogP) is 1.22. The molecule has 0 aromatic heterocycles. The van der Waals surface area contributed by atoms with Gasteiger partial charge in [-0.3, -0.25) is 13.7 Å². The number of hydrogen-bond donors (Lipinski definition) is 6. The van der Waals surface area contributed by atoms with E-state index in [-0.39, 0.29) is 35.2 Å². The molecule has 0 bridgehead atoms. The summed E-state index contributed by atoms with van der Waals surface area (Å²) in [4.78, 5) is -4.16. The molecule has 0 saturated carbocycles. The molecule has 34 heavy (non-hydrogen) atoms. The second-order valence-electron chi connectivity index (χ2n) is 6.51. The molecule has 3 aromatic carbocycles. The first kappa shape index (κ1) is 27.9. The Kier molecular flexibility index (Phi) is 7.68. The van der Waals surface area contributed by atoms with Crippen LogP contribution < -0.4 is 11.5 Å². The minimum atomic E-state index is -5.56. The van der Waals surface area contributed by atoms with Gasteiger partial charge in [-0.25, -0.2) is 0 Å². The second-order valence-corrected chi connectivity index (χ2v) is 10.6. The Morgan fingerprint density at radius 2 is 1.26 bits per heavy atom. The van der Waals surface area contributed by atoms with Crippen LogP contribution in [0.15, 0.2) is 61.3 Å². The van der Waals surface area contributed by atoms with Crippen LogP contribution in [-0.4, -0.2) is 73.6 Å². The molecule has 0 heterocycles. The predicted molar refractivity (Wildman–Crippen MR) is 122 cm³/mol. The molecular weight excluding hydrogens is 527 g/mol. The number of fused-ring (bicyclic) bond motifs is 1. The number of nitrogens with zero attached hydrogens (tertiary/aromatic N) is 2. The van der Waals surface area contributed by atoms with E-state index < -0.39 is 72.9 Å². The number of benzene rings is 3. The van der Waals surface area contributed by atoms with Crippen LogP contribution in [0.2, 0.25) is 0 Å². The van der Waals surface area contributed by atoms with Crippen molar-refractivity contribution in [3.63, 3.8) is 0 Å². The third-order valence-electron chi connectivity index (χ3n) is 4.24. The number of phenols is 1. The zero-order valence-corrected chi connectivity index (χ0v) is 18.4. The summed E-state index contributed by atoms with van der Waals surface area (Å²) in [5.41, 5.74) is 9.88. The first-order valence-electron chi connectivity index (χ1n) is 8.33. The quantitative estimate of drug-likeness (QED) is 0.115. The van der Waals surface area contributed by atoms with Crippen molar-refractivity contribution in [2.24, 2.45) is 10.2 Å². The molecule has 178 valence electrons. The summed E-state index contributed by atoms with van der Waals surface area (Å²) in [6.07, 6.45) is 0. The van der Waals surface area contributed by atoms with Crippen molar-refractivity contribution in [3.05, 3.63) is 36.4 Å². The monoisotopic (exact) mass is 542 g/mol. The summed E-state index contributed by atoms with van der Waals surface area (Å²) in [6, 6.07) is 6.53. The normalized spacial score (nSPS) is 12.7. The van der Waals surface area contributed by atoms with Crippen LogP contribution in [0.25, 0.3) is 10.8 Å². The van der Waals surface area contributed by atoms with Crippen LogP contribution in [0.4, 0.5) is 22.7 Å². The molecular formula is C16H15N4NaO10S3. The summed E-state index contributed by atoms with van der Waals surface area (Å²) >= 11 is 0. The Balaban J connectivity index is 0.00000408. The topological polar surface area (TPSA) is 260 Å². The molecule has 0 saturated heterocycles. The number of nitrogen functional groups attached to an aromatic ring is 2. The van der Waals surface area contributed by atoms with Crippen molar-refractivity contribution in [1.29, 1.82) is 0 Å². The molecule has 0 fully saturated rings. The summed E-state index contributed by atoms with van der Waals surface area (Å²) in [6.45, 7) is 0. The molecule has 0 amide bonds. The number of hydrogen-bond acceptors (Lipinski definition) is 11. The van der Waals surface area contributed by atoms with Gasteiger partial charge in [0.25, 0.3) is 30.4 Å². The van der Waals surface area contributed by atoms with Gasteiger partial charge in [0.05, 0.1) is 16.0 Å². The number of aromatic hydroxyl groups is 1. The van der Waals surface area contributed by atoms with Gasteiger partial charge < -0.3 is 16.6 Å². The summed E-state index contributed by atoms with van der Waals surface area (Å²) in [5.74, 6) is -1.12. The summed E-state index contributed by atoms with van der Waals surface area (Å²) in [7, 11) is -16.1. The molecule has 0 atom stereocenters. The van der Waals surface area contributed by atoms with Crippen LogP contribution in [0.5, 0.6) is 5.75 Å². The molecule has 0 radical (unpaired) electrons. The van der Waals surface area contributed by atoms with Crippen molar-refractivity contribution in [2.45, 2.75) is 14.7 Å². The fourth-order valence-electron chi connectivity index (χ4n) is 2.92. The van der Waals surface area contributed by atoms with Crippen molar-refractivity contribution in [2.75, 3.05) is 11.5 Å². The van der Waals surface area contributed by atoms with Gasteiger partial charge in [0.1, 0.15) is 9.79 Å². The Hall–Kier alpha value is -2.35. The standard InChI is InChI=1S/C16H14N4O10S3.Na.H/c17-7-1-3-8(4-2-7)19-20-13-14(21)12-10(5-9(6-11(12)18)31(22,23)24)15(32(25,26)27)16(13)33(28,29)30;;/h1-6,21H,17-18H2,(H,22,23,24)(H,25,26,27)(H,28,29,30);;. The third kappa shape index (κ3) is 5.48. The fraction of sp³-hybridized carbons (Fsp3) is 0. The zero-order chi connectivity index (χ0) is 24.9. The van der Waals surface area contributed by atoms with Crippen LogP contribution >= 0.6 is 0 Å². The maximum absolute atomic E-state index is 12.1. The van der Waals surface area contributed by atoms with E-state index in [2.05, 4.69) is 10.2 Å². The SMILES string of the molecule is Nc1ccc(N=Nc2c(S(=O)(=O)O)c(S(=O)(=O)O)c3cc(S(=O)(=O)O)cc(N)c3c2O)cc1.[NaH]. The van der Waals surface area contributed by atoms with Crippen molar-refractivity contribution in [3.8, 4) is 5.75 Å². The second kappa shape index (κ2) is 9.36. The van der Waals surface area contributed by atoms with Gasteiger partial charge in [-0.2, -0.15) is 30.4 Å². The molecule has 14 nitrogen and oxygen atoms in total. The van der Waals surface area contributed by atoms with E-state index in [9.17, 15) is 44.0 Å². The van der Waals surface area contributed by atoms with Crippen LogP contribution in [0.1, 0.15) is 0 Å². The minimum absolute atomic E-state index is 0. The van der Waals surface area contributed by atoms with E-state index in [0.29, 0.717) is 17.8 Å². The Morgan fingerprint density at radius 3 is 1.74 bits per heavy atom. The van der Waals surface area contributed by atoms with Gasteiger partial charge >= 0.3 is 29.6 Å². The summed E-state index contributed by atoms with van der Waals surface area (Å²) in [5, 5.41) is 16.2. The molecule has 3 aromatic rings. The molecule has 0 unspecified atom stereocenters. The number of azo groups is 1. The van der Waals surface area contributed by atoms with Gasteiger partial charge in [-0.15, -0.1) is 5.11 Å². The number of nitrogens with two attached hydrogens (primary N) is 2. The van der Waals surface area contributed by atoms with E-state index in [1.807, 2.05) is 0 Å². The van der Waals surface area contributed by atoms with Crippen molar-refractivity contribution >= 4 is 93.4 Å². The van der Waals surface area contributed by atoms with Gasteiger partial charge in [-0.05, 0) is 36.4 Å². The van der Waals surface area contributed by atoms with E-state index in [1.54, 1.807) is 0 Å². The molecule has 8 N–H and O–H groups in total. The number of phenolic OH excluding ortho intramolecular Hbond substituents is 1. The summed E-state index contributed by atoms with van der Waals surface area (Å²) < 4.78 is 100. The molecule has 18 heteroatoms. The molecule has 0 aliphatic heterocycles. The van der Waals surface area contributed by atoms with Gasteiger partial charge in [0.15, 0.2) is 11.4 Å². The first-order valence-corrected chi connectivity index (χ1v) is 12.7. The first-order chi connectivity index (χ1) is 15.0. The fourth-order valence-corrected chi connectivity index (χ4v) is 5.59. The Morgan fingerprint density at radius 1 is 0.735 bits per heavy atom.